The first-order chi connectivity index (χ1) is 9.74. The molecule has 0 radical (unpaired) electrons. The molecular weight excluding hydrogens is 268 g/mol. The predicted octanol–water partition coefficient (Wildman–Crippen LogP) is 4.66. The number of nitrogens with zero attached hydrogens (tertiary/aromatic N) is 1. The molecule has 1 fully saturated rings. The average Bonchev–Trinajstić information content (AvgIpc) is 2.50. The summed E-state index contributed by atoms with van der Waals surface area (Å²) in [6.07, 6.45) is 8.02. The van der Waals surface area contributed by atoms with Gasteiger partial charge in [0.25, 0.3) is 0 Å². The van der Waals surface area contributed by atoms with Gasteiger partial charge in [0.05, 0.1) is 11.6 Å². The van der Waals surface area contributed by atoms with Crippen molar-refractivity contribution in [1.29, 1.82) is 5.26 Å². The number of hydrogen-bond acceptors (Lipinski definition) is 2. The maximum Gasteiger partial charge on any atom is 0.0992 e. The van der Waals surface area contributed by atoms with Gasteiger partial charge in [-0.1, -0.05) is 43.9 Å². The molecule has 1 saturated carbocycles. The molecule has 0 bridgehead atoms. The van der Waals surface area contributed by atoms with Crippen molar-refractivity contribution < 1.29 is 0 Å². The largest absolute Gasteiger partial charge is 0.310 e. The van der Waals surface area contributed by atoms with Crippen LogP contribution < -0.4 is 5.32 Å². The van der Waals surface area contributed by atoms with Gasteiger partial charge in [0, 0.05) is 17.6 Å². The summed E-state index contributed by atoms with van der Waals surface area (Å²) >= 11 is 6.23. The van der Waals surface area contributed by atoms with Crippen molar-refractivity contribution in [3.05, 3.63) is 34.3 Å². The average molecular weight is 291 g/mol. The Labute approximate surface area is 127 Å². The van der Waals surface area contributed by atoms with E-state index in [0.29, 0.717) is 16.6 Å². The monoisotopic (exact) mass is 290 g/mol. The van der Waals surface area contributed by atoms with E-state index < -0.39 is 0 Å². The summed E-state index contributed by atoms with van der Waals surface area (Å²) in [4.78, 5) is 0. The molecule has 3 heteroatoms. The van der Waals surface area contributed by atoms with Crippen LogP contribution in [-0.4, -0.2) is 6.04 Å². The zero-order valence-electron chi connectivity index (χ0n) is 12.2. The standard InChI is InChI=1S/C17H23ClN2/c1-2-17(14-6-4-3-5-7-14)20-12-15-9-8-13(11-19)10-16(15)18/h8-10,14,17,20H,2-7,12H2,1H3. The fourth-order valence-corrected chi connectivity index (χ4v) is 3.43. The lowest BCUT2D eigenvalue weighted by Gasteiger charge is -2.30. The second kappa shape index (κ2) is 7.67. The normalized spacial score (nSPS) is 17.6. The van der Waals surface area contributed by atoms with Crippen LogP contribution in [0, 0.1) is 17.2 Å². The highest BCUT2D eigenvalue weighted by Gasteiger charge is 2.21. The molecule has 1 atom stereocenters. The van der Waals surface area contributed by atoms with Gasteiger partial charge in [0.2, 0.25) is 0 Å². The zero-order chi connectivity index (χ0) is 14.4. The lowest BCUT2D eigenvalue weighted by Crippen LogP contribution is -2.36. The number of nitrogens with one attached hydrogen (secondary N) is 1. The van der Waals surface area contributed by atoms with Crippen molar-refractivity contribution in [2.75, 3.05) is 0 Å². The van der Waals surface area contributed by atoms with Crippen molar-refractivity contribution in [2.24, 2.45) is 5.92 Å². The zero-order valence-corrected chi connectivity index (χ0v) is 12.9. The summed E-state index contributed by atoms with van der Waals surface area (Å²) in [6, 6.07) is 8.25. The molecule has 0 spiro atoms. The fraction of sp³-hybridized carbons (Fsp3) is 0.588. The minimum Gasteiger partial charge on any atom is -0.310 e. The van der Waals surface area contributed by atoms with Crippen molar-refractivity contribution in [3.63, 3.8) is 0 Å². The van der Waals surface area contributed by atoms with Gasteiger partial charge in [-0.05, 0) is 42.9 Å². The Morgan fingerprint density at radius 1 is 1.35 bits per heavy atom. The quantitative estimate of drug-likeness (QED) is 0.856. The SMILES string of the molecule is CCC(NCc1ccc(C#N)cc1Cl)C1CCCCC1. The molecule has 20 heavy (non-hydrogen) atoms. The third-order valence-corrected chi connectivity index (χ3v) is 4.75. The molecule has 1 unspecified atom stereocenters. The Balaban J connectivity index is 1.94. The van der Waals surface area contributed by atoms with Gasteiger partial charge in [-0.3, -0.25) is 0 Å². The van der Waals surface area contributed by atoms with Crippen molar-refractivity contribution >= 4 is 11.6 Å². The number of nitriles is 1. The molecule has 0 saturated heterocycles. The highest BCUT2D eigenvalue weighted by atomic mass is 35.5. The van der Waals surface area contributed by atoms with Crippen molar-refractivity contribution in [3.8, 4) is 6.07 Å². The van der Waals surface area contributed by atoms with E-state index in [1.807, 2.05) is 12.1 Å². The van der Waals surface area contributed by atoms with Gasteiger partial charge in [0.1, 0.15) is 0 Å². The molecule has 108 valence electrons. The summed E-state index contributed by atoms with van der Waals surface area (Å²) in [6.45, 7) is 3.05. The molecule has 1 aromatic rings. The summed E-state index contributed by atoms with van der Waals surface area (Å²) in [7, 11) is 0. The summed E-state index contributed by atoms with van der Waals surface area (Å²) in [5.74, 6) is 0.811. The van der Waals surface area contributed by atoms with E-state index in [0.717, 1.165) is 18.0 Å². The first kappa shape index (κ1) is 15.4. The van der Waals surface area contributed by atoms with Gasteiger partial charge in [-0.2, -0.15) is 5.26 Å². The van der Waals surface area contributed by atoms with Gasteiger partial charge in [-0.15, -0.1) is 0 Å². The Morgan fingerprint density at radius 2 is 2.10 bits per heavy atom. The van der Waals surface area contributed by atoms with Gasteiger partial charge in [-0.25, -0.2) is 0 Å². The molecule has 0 aromatic heterocycles. The molecule has 0 amide bonds. The van der Waals surface area contributed by atoms with Crippen LogP contribution in [0.5, 0.6) is 0 Å². The van der Waals surface area contributed by atoms with Gasteiger partial charge >= 0.3 is 0 Å². The minimum absolute atomic E-state index is 0.585. The Bertz CT molecular complexity index is 472. The Hall–Kier alpha value is -1.04. The minimum atomic E-state index is 0.585. The Morgan fingerprint density at radius 3 is 2.70 bits per heavy atom. The number of halogens is 1. The third kappa shape index (κ3) is 3.98. The van der Waals surface area contributed by atoms with Gasteiger partial charge < -0.3 is 5.32 Å². The molecule has 0 heterocycles. The maximum absolute atomic E-state index is 8.86. The van der Waals surface area contributed by atoms with E-state index >= 15 is 0 Å². The van der Waals surface area contributed by atoms with Crippen molar-refractivity contribution in [2.45, 2.75) is 58.0 Å². The van der Waals surface area contributed by atoms with E-state index in [9.17, 15) is 0 Å². The smallest absolute Gasteiger partial charge is 0.0992 e. The lowest BCUT2D eigenvalue weighted by molar-refractivity contribution is 0.262. The van der Waals surface area contributed by atoms with Crippen LogP contribution in [0.4, 0.5) is 0 Å². The van der Waals surface area contributed by atoms with Crippen LogP contribution >= 0.6 is 11.6 Å². The van der Waals surface area contributed by atoms with Crippen LogP contribution in [0.25, 0.3) is 0 Å². The molecular formula is C17H23ClN2. The first-order valence-corrected chi connectivity index (χ1v) is 8.04. The fourth-order valence-electron chi connectivity index (χ4n) is 3.18. The molecule has 1 aliphatic carbocycles. The summed E-state index contributed by atoms with van der Waals surface area (Å²) in [5.41, 5.74) is 1.71. The summed E-state index contributed by atoms with van der Waals surface area (Å²) < 4.78 is 0. The van der Waals surface area contributed by atoms with Crippen LogP contribution in [0.2, 0.25) is 5.02 Å². The first-order valence-electron chi connectivity index (χ1n) is 7.66. The van der Waals surface area contributed by atoms with E-state index in [1.165, 1.54) is 38.5 Å². The Kier molecular flexibility index (Phi) is 5.88. The van der Waals surface area contributed by atoms with Crippen LogP contribution in [0.15, 0.2) is 18.2 Å². The number of rotatable bonds is 5. The highest BCUT2D eigenvalue weighted by Crippen LogP contribution is 2.28. The topological polar surface area (TPSA) is 35.8 Å². The molecule has 1 N–H and O–H groups in total. The van der Waals surface area contributed by atoms with Crippen LogP contribution in [-0.2, 0) is 6.54 Å². The van der Waals surface area contributed by atoms with Gasteiger partial charge in [0.15, 0.2) is 0 Å². The molecule has 1 aromatic carbocycles. The third-order valence-electron chi connectivity index (χ3n) is 4.40. The maximum atomic E-state index is 8.86. The summed E-state index contributed by atoms with van der Waals surface area (Å²) in [5, 5.41) is 13.2. The molecule has 2 nitrogen and oxygen atoms in total. The van der Waals surface area contributed by atoms with E-state index in [1.54, 1.807) is 6.07 Å². The number of benzene rings is 1. The van der Waals surface area contributed by atoms with E-state index in [4.69, 9.17) is 16.9 Å². The van der Waals surface area contributed by atoms with E-state index in [2.05, 4.69) is 18.3 Å². The second-order valence-corrected chi connectivity index (χ2v) is 6.12. The molecule has 1 aliphatic rings. The van der Waals surface area contributed by atoms with E-state index in [-0.39, 0.29) is 0 Å². The van der Waals surface area contributed by atoms with Crippen LogP contribution in [0.3, 0.4) is 0 Å². The molecule has 2 rings (SSSR count). The number of hydrogen-bond donors (Lipinski definition) is 1. The van der Waals surface area contributed by atoms with Crippen molar-refractivity contribution in [1.82, 2.24) is 5.32 Å². The lowest BCUT2D eigenvalue weighted by atomic mass is 9.83. The second-order valence-electron chi connectivity index (χ2n) is 5.71. The van der Waals surface area contributed by atoms with Crippen LogP contribution in [0.1, 0.15) is 56.6 Å². The highest BCUT2D eigenvalue weighted by molar-refractivity contribution is 6.31. The molecule has 0 aliphatic heterocycles. The predicted molar refractivity (Wildman–Crippen MR) is 83.7 cm³/mol.